The Balaban J connectivity index is 1.80. The monoisotopic (exact) mass is 402 g/mol. The van der Waals surface area contributed by atoms with Crippen molar-refractivity contribution in [2.45, 2.75) is 38.1 Å². The average Bonchev–Trinajstić information content (AvgIpc) is 3.02. The van der Waals surface area contributed by atoms with E-state index < -0.39 is 10.0 Å². The average molecular weight is 403 g/mol. The van der Waals surface area contributed by atoms with E-state index in [1.165, 1.54) is 16.4 Å². The summed E-state index contributed by atoms with van der Waals surface area (Å²) in [4.78, 5) is 14.9. The molecule has 0 aliphatic carbocycles. The van der Waals surface area contributed by atoms with Crippen molar-refractivity contribution in [1.82, 2.24) is 4.31 Å². The molecule has 28 heavy (non-hydrogen) atoms. The number of carbonyl (C=O) groups is 1. The Morgan fingerprint density at radius 3 is 2.46 bits per heavy atom. The zero-order valence-electron chi connectivity index (χ0n) is 16.5. The third-order valence-corrected chi connectivity index (χ3v) is 6.85. The number of nitrogens with zero attached hydrogens (tertiary/aromatic N) is 2. The minimum atomic E-state index is -3.77. The highest BCUT2D eigenvalue weighted by atomic mass is 32.2. The topological polar surface area (TPSA) is 66.9 Å². The Bertz CT molecular complexity index is 941. The van der Waals surface area contributed by atoms with Crippen LogP contribution in [-0.4, -0.2) is 44.4 Å². The van der Waals surface area contributed by atoms with Gasteiger partial charge in [-0.25, -0.2) is 8.42 Å². The summed E-state index contributed by atoms with van der Waals surface area (Å²) in [6.07, 6.45) is 0.777. The Labute approximate surface area is 166 Å². The third-order valence-electron chi connectivity index (χ3n) is 4.91. The summed E-state index contributed by atoms with van der Waals surface area (Å²) in [5.41, 5.74) is 1.98. The lowest BCUT2D eigenvalue weighted by Crippen LogP contribution is -2.45. The molecule has 6 nitrogen and oxygen atoms in total. The van der Waals surface area contributed by atoms with Crippen LogP contribution < -0.4 is 9.64 Å². The van der Waals surface area contributed by atoms with Crippen LogP contribution in [0.15, 0.2) is 53.4 Å². The van der Waals surface area contributed by atoms with Crippen molar-refractivity contribution in [3.63, 3.8) is 0 Å². The number of ether oxygens (including phenoxy) is 1. The number of carbonyl (C=O) groups excluding carboxylic acids is 1. The van der Waals surface area contributed by atoms with E-state index in [-0.39, 0.29) is 29.9 Å². The highest BCUT2D eigenvalue weighted by molar-refractivity contribution is 7.89. The van der Waals surface area contributed by atoms with Gasteiger partial charge in [0.05, 0.1) is 18.0 Å². The number of anilines is 1. The third kappa shape index (κ3) is 3.91. The van der Waals surface area contributed by atoms with E-state index >= 15 is 0 Å². The molecule has 2 aromatic rings. The standard InChI is InChI=1S/C21H26N2O4S/c1-4-22(28(25,26)19-12-10-18(11-13-19)27-5-2)15-21(24)23-16(3)14-17-8-6-7-9-20(17)23/h6-13,16H,4-5,14-15H2,1-3H3. The number of rotatable bonds is 7. The largest absolute Gasteiger partial charge is 0.494 e. The predicted molar refractivity (Wildman–Crippen MR) is 109 cm³/mol. The molecule has 1 atom stereocenters. The van der Waals surface area contributed by atoms with Crippen LogP contribution in [-0.2, 0) is 21.2 Å². The molecule has 150 valence electrons. The quantitative estimate of drug-likeness (QED) is 0.714. The first-order chi connectivity index (χ1) is 13.4. The fourth-order valence-corrected chi connectivity index (χ4v) is 4.96. The van der Waals surface area contributed by atoms with Gasteiger partial charge in [-0.2, -0.15) is 4.31 Å². The molecule has 1 amide bonds. The summed E-state index contributed by atoms with van der Waals surface area (Å²) >= 11 is 0. The summed E-state index contributed by atoms with van der Waals surface area (Å²) in [5, 5.41) is 0. The van der Waals surface area contributed by atoms with Gasteiger partial charge < -0.3 is 9.64 Å². The highest BCUT2D eigenvalue weighted by Crippen LogP contribution is 2.32. The van der Waals surface area contributed by atoms with Crippen LogP contribution in [0, 0.1) is 0 Å². The van der Waals surface area contributed by atoms with Gasteiger partial charge in [0.2, 0.25) is 15.9 Å². The molecule has 0 bridgehead atoms. The van der Waals surface area contributed by atoms with Crippen molar-refractivity contribution in [3.8, 4) is 5.75 Å². The van der Waals surface area contributed by atoms with Crippen LogP contribution in [0.4, 0.5) is 5.69 Å². The molecule has 0 radical (unpaired) electrons. The molecule has 1 aliphatic rings. The first-order valence-corrected chi connectivity index (χ1v) is 11.0. The van der Waals surface area contributed by atoms with Crippen molar-refractivity contribution < 1.29 is 17.9 Å². The van der Waals surface area contributed by atoms with E-state index in [1.54, 1.807) is 24.0 Å². The number of benzene rings is 2. The van der Waals surface area contributed by atoms with Crippen LogP contribution in [0.3, 0.4) is 0 Å². The lowest BCUT2D eigenvalue weighted by atomic mass is 10.1. The highest BCUT2D eigenvalue weighted by Gasteiger charge is 2.33. The van der Waals surface area contributed by atoms with Crippen LogP contribution in [0.25, 0.3) is 0 Å². The Hall–Kier alpha value is -2.38. The van der Waals surface area contributed by atoms with Gasteiger partial charge in [-0.05, 0) is 56.2 Å². The zero-order valence-corrected chi connectivity index (χ0v) is 17.3. The molecule has 0 saturated carbocycles. The number of likely N-dealkylation sites (N-methyl/N-ethyl adjacent to an activating group) is 1. The molecule has 0 aromatic heterocycles. The van der Waals surface area contributed by atoms with Gasteiger partial charge in [-0.3, -0.25) is 4.79 Å². The number of hydrogen-bond donors (Lipinski definition) is 0. The second-order valence-corrected chi connectivity index (χ2v) is 8.72. The molecular weight excluding hydrogens is 376 g/mol. The van der Waals surface area contributed by atoms with Crippen LogP contribution in [0.2, 0.25) is 0 Å². The summed E-state index contributed by atoms with van der Waals surface area (Å²) in [7, 11) is -3.77. The second-order valence-electron chi connectivity index (χ2n) is 6.78. The number of amides is 1. The SMILES string of the molecule is CCOc1ccc(S(=O)(=O)N(CC)CC(=O)N2c3ccccc3CC2C)cc1. The van der Waals surface area contributed by atoms with Crippen LogP contribution in [0.1, 0.15) is 26.3 Å². The summed E-state index contributed by atoms with van der Waals surface area (Å²) in [5.74, 6) is 0.400. The molecule has 0 fully saturated rings. The van der Waals surface area contributed by atoms with E-state index in [0.717, 1.165) is 17.7 Å². The Morgan fingerprint density at radius 2 is 1.82 bits per heavy atom. The maximum Gasteiger partial charge on any atom is 0.243 e. The second kappa shape index (κ2) is 8.32. The van der Waals surface area contributed by atoms with Gasteiger partial charge in [-0.15, -0.1) is 0 Å². The number of sulfonamides is 1. The maximum absolute atomic E-state index is 13.0. The van der Waals surface area contributed by atoms with Crippen molar-refractivity contribution in [2.24, 2.45) is 0 Å². The maximum atomic E-state index is 13.0. The van der Waals surface area contributed by atoms with Crippen molar-refractivity contribution in [1.29, 1.82) is 0 Å². The van der Waals surface area contributed by atoms with E-state index in [9.17, 15) is 13.2 Å². The van der Waals surface area contributed by atoms with E-state index in [1.807, 2.05) is 38.1 Å². The first kappa shape index (κ1) is 20.4. The van der Waals surface area contributed by atoms with Crippen LogP contribution >= 0.6 is 0 Å². The van der Waals surface area contributed by atoms with Crippen molar-refractivity contribution >= 4 is 21.6 Å². The van der Waals surface area contributed by atoms with E-state index in [2.05, 4.69) is 0 Å². The summed E-state index contributed by atoms with van der Waals surface area (Å²) < 4.78 is 32.6. The number of fused-ring (bicyclic) bond motifs is 1. The molecule has 3 rings (SSSR count). The molecule has 0 spiro atoms. The minimum absolute atomic E-state index is 0.0109. The van der Waals surface area contributed by atoms with Gasteiger partial charge in [0, 0.05) is 18.3 Å². The fourth-order valence-electron chi connectivity index (χ4n) is 3.56. The molecule has 2 aromatic carbocycles. The van der Waals surface area contributed by atoms with Gasteiger partial charge in [0.1, 0.15) is 5.75 Å². The molecule has 7 heteroatoms. The normalized spacial score (nSPS) is 16.3. The summed E-state index contributed by atoms with van der Waals surface area (Å²) in [6.45, 7) is 6.12. The fraction of sp³-hybridized carbons (Fsp3) is 0.381. The Morgan fingerprint density at radius 1 is 1.14 bits per heavy atom. The predicted octanol–water partition coefficient (Wildman–Crippen LogP) is 3.07. The molecule has 1 heterocycles. The smallest absolute Gasteiger partial charge is 0.243 e. The van der Waals surface area contributed by atoms with Gasteiger partial charge in [-0.1, -0.05) is 25.1 Å². The number of hydrogen-bond acceptors (Lipinski definition) is 4. The van der Waals surface area contributed by atoms with Crippen molar-refractivity contribution in [2.75, 3.05) is 24.6 Å². The molecule has 0 N–H and O–H groups in total. The first-order valence-electron chi connectivity index (χ1n) is 9.51. The van der Waals surface area contributed by atoms with Gasteiger partial charge >= 0.3 is 0 Å². The van der Waals surface area contributed by atoms with Gasteiger partial charge in [0.25, 0.3) is 0 Å². The Kier molecular flexibility index (Phi) is 6.05. The van der Waals surface area contributed by atoms with E-state index in [4.69, 9.17) is 4.74 Å². The lowest BCUT2D eigenvalue weighted by molar-refractivity contribution is -0.119. The number of para-hydroxylation sites is 1. The minimum Gasteiger partial charge on any atom is -0.494 e. The molecular formula is C21H26N2O4S. The molecule has 0 saturated heterocycles. The van der Waals surface area contributed by atoms with E-state index in [0.29, 0.717) is 12.4 Å². The zero-order chi connectivity index (χ0) is 20.3. The van der Waals surface area contributed by atoms with Crippen LogP contribution in [0.5, 0.6) is 5.75 Å². The molecule has 1 unspecified atom stereocenters. The molecule has 1 aliphatic heterocycles. The summed E-state index contributed by atoms with van der Waals surface area (Å²) in [6, 6.07) is 14.1. The van der Waals surface area contributed by atoms with Gasteiger partial charge in [0.15, 0.2) is 0 Å². The van der Waals surface area contributed by atoms with Crippen molar-refractivity contribution in [3.05, 3.63) is 54.1 Å². The lowest BCUT2D eigenvalue weighted by Gasteiger charge is -2.27.